The largest absolute Gasteiger partial charge is 0.364 e. The highest BCUT2D eigenvalue weighted by molar-refractivity contribution is 5.96. The molecular formula is C16H21N5O. The Hall–Kier alpha value is -2.21. The Bertz CT molecular complexity index is 626. The highest BCUT2D eigenvalue weighted by Gasteiger charge is 2.15. The lowest BCUT2D eigenvalue weighted by Crippen LogP contribution is -2.23. The van der Waals surface area contributed by atoms with Crippen molar-refractivity contribution in [2.75, 3.05) is 13.1 Å². The van der Waals surface area contributed by atoms with Crippen LogP contribution in [0.15, 0.2) is 24.3 Å². The van der Waals surface area contributed by atoms with Gasteiger partial charge in [0.05, 0.1) is 0 Å². The summed E-state index contributed by atoms with van der Waals surface area (Å²) in [6.07, 6.45) is 5.27. The minimum Gasteiger partial charge on any atom is -0.364 e. The van der Waals surface area contributed by atoms with Crippen LogP contribution in [-0.4, -0.2) is 39.3 Å². The molecule has 2 heterocycles. The predicted molar refractivity (Wildman–Crippen MR) is 84.1 cm³/mol. The van der Waals surface area contributed by atoms with Crippen molar-refractivity contribution in [3.8, 4) is 11.3 Å². The summed E-state index contributed by atoms with van der Waals surface area (Å²) in [6.45, 7) is 3.33. The molecule has 3 N–H and O–H groups in total. The maximum Gasteiger partial charge on any atom is 0.271 e. The summed E-state index contributed by atoms with van der Waals surface area (Å²) >= 11 is 0. The predicted octanol–water partition coefficient (Wildman–Crippen LogP) is 1.95. The zero-order valence-corrected chi connectivity index (χ0v) is 12.6. The summed E-state index contributed by atoms with van der Waals surface area (Å²) in [4.78, 5) is 13.8. The van der Waals surface area contributed by atoms with Crippen LogP contribution in [0.2, 0.25) is 0 Å². The average Bonchev–Trinajstić information content (AvgIpc) is 2.88. The monoisotopic (exact) mass is 299 g/mol. The summed E-state index contributed by atoms with van der Waals surface area (Å²) in [7, 11) is 0. The van der Waals surface area contributed by atoms with Gasteiger partial charge in [0.15, 0.2) is 5.69 Å². The van der Waals surface area contributed by atoms with Crippen LogP contribution >= 0.6 is 0 Å². The van der Waals surface area contributed by atoms with E-state index in [-0.39, 0.29) is 5.69 Å². The van der Waals surface area contributed by atoms with E-state index in [4.69, 9.17) is 5.73 Å². The molecule has 1 fully saturated rings. The van der Waals surface area contributed by atoms with Crippen LogP contribution in [0.3, 0.4) is 0 Å². The quantitative estimate of drug-likeness (QED) is 0.903. The van der Waals surface area contributed by atoms with Gasteiger partial charge in [0, 0.05) is 12.1 Å². The Morgan fingerprint density at radius 2 is 1.77 bits per heavy atom. The van der Waals surface area contributed by atoms with E-state index >= 15 is 0 Å². The van der Waals surface area contributed by atoms with Crippen LogP contribution in [0.5, 0.6) is 0 Å². The third-order valence-corrected chi connectivity index (χ3v) is 4.11. The first-order valence-corrected chi connectivity index (χ1v) is 7.76. The number of carbonyl (C=O) groups is 1. The standard InChI is InChI=1S/C16H21N5O/c17-16(22)15-14(18-20-19-15)13-7-5-12(6-8-13)11-21-9-3-1-2-4-10-21/h5-8H,1-4,9-11H2,(H2,17,22)(H,18,19,20). The molecule has 0 saturated carbocycles. The number of nitrogens with one attached hydrogen (secondary N) is 1. The number of hydrogen-bond donors (Lipinski definition) is 2. The fourth-order valence-electron chi connectivity index (χ4n) is 2.92. The molecule has 1 aliphatic rings. The second-order valence-corrected chi connectivity index (χ2v) is 5.77. The molecule has 6 heteroatoms. The van der Waals surface area contributed by atoms with Crippen LogP contribution in [0, 0.1) is 0 Å². The van der Waals surface area contributed by atoms with E-state index in [1.54, 1.807) is 0 Å². The van der Waals surface area contributed by atoms with Crippen LogP contribution < -0.4 is 5.73 Å². The number of amides is 1. The summed E-state index contributed by atoms with van der Waals surface area (Å²) in [5.41, 5.74) is 8.11. The van der Waals surface area contributed by atoms with E-state index in [9.17, 15) is 4.79 Å². The molecule has 2 aromatic rings. The van der Waals surface area contributed by atoms with Crippen molar-refractivity contribution in [2.45, 2.75) is 32.2 Å². The maximum absolute atomic E-state index is 11.3. The highest BCUT2D eigenvalue weighted by Crippen LogP contribution is 2.21. The number of aromatic amines is 1. The molecule has 1 aromatic carbocycles. The lowest BCUT2D eigenvalue weighted by atomic mass is 10.1. The Labute approximate surface area is 129 Å². The molecule has 0 radical (unpaired) electrons. The van der Waals surface area contributed by atoms with Gasteiger partial charge in [0.25, 0.3) is 5.91 Å². The smallest absolute Gasteiger partial charge is 0.271 e. The van der Waals surface area contributed by atoms with Gasteiger partial charge in [0.2, 0.25) is 0 Å². The van der Waals surface area contributed by atoms with Crippen LogP contribution in [0.4, 0.5) is 0 Å². The van der Waals surface area contributed by atoms with Crippen molar-refractivity contribution in [1.29, 1.82) is 0 Å². The number of nitrogens with zero attached hydrogens (tertiary/aromatic N) is 3. The van der Waals surface area contributed by atoms with E-state index in [1.807, 2.05) is 12.1 Å². The number of carbonyl (C=O) groups excluding carboxylic acids is 1. The molecular weight excluding hydrogens is 278 g/mol. The van der Waals surface area contributed by atoms with Gasteiger partial charge in [-0.05, 0) is 31.5 Å². The van der Waals surface area contributed by atoms with Crippen LogP contribution in [-0.2, 0) is 6.54 Å². The molecule has 116 valence electrons. The number of nitrogens with two attached hydrogens (primary N) is 1. The fourth-order valence-corrected chi connectivity index (χ4v) is 2.92. The highest BCUT2D eigenvalue weighted by atomic mass is 16.1. The third kappa shape index (κ3) is 3.33. The van der Waals surface area contributed by atoms with Gasteiger partial charge in [0.1, 0.15) is 5.69 Å². The molecule has 3 rings (SSSR count). The molecule has 1 amide bonds. The van der Waals surface area contributed by atoms with Crippen molar-refractivity contribution < 1.29 is 4.79 Å². The first kappa shape index (κ1) is 14.7. The van der Waals surface area contributed by atoms with Gasteiger partial charge in [-0.2, -0.15) is 15.4 Å². The second-order valence-electron chi connectivity index (χ2n) is 5.77. The molecule has 1 saturated heterocycles. The number of benzene rings is 1. The van der Waals surface area contributed by atoms with E-state index < -0.39 is 5.91 Å². The van der Waals surface area contributed by atoms with Crippen LogP contribution in [0.25, 0.3) is 11.3 Å². The van der Waals surface area contributed by atoms with Gasteiger partial charge in [-0.25, -0.2) is 0 Å². The number of aromatic nitrogens is 3. The number of likely N-dealkylation sites (tertiary alicyclic amines) is 1. The second kappa shape index (κ2) is 6.70. The third-order valence-electron chi connectivity index (χ3n) is 4.11. The first-order chi connectivity index (χ1) is 10.7. The van der Waals surface area contributed by atoms with Gasteiger partial charge in [-0.15, -0.1) is 0 Å². The van der Waals surface area contributed by atoms with Gasteiger partial charge in [-0.1, -0.05) is 37.1 Å². The normalized spacial score (nSPS) is 16.4. The topological polar surface area (TPSA) is 87.9 Å². The maximum atomic E-state index is 11.3. The Morgan fingerprint density at radius 3 is 2.41 bits per heavy atom. The Morgan fingerprint density at radius 1 is 1.09 bits per heavy atom. The molecule has 1 aromatic heterocycles. The van der Waals surface area contributed by atoms with Crippen molar-refractivity contribution in [3.63, 3.8) is 0 Å². The number of H-pyrrole nitrogens is 1. The summed E-state index contributed by atoms with van der Waals surface area (Å²) in [5.74, 6) is -0.572. The van der Waals surface area contributed by atoms with Crippen molar-refractivity contribution in [3.05, 3.63) is 35.5 Å². The van der Waals surface area contributed by atoms with Gasteiger partial charge in [-0.3, -0.25) is 9.69 Å². The minimum atomic E-state index is -0.572. The fraction of sp³-hybridized carbons (Fsp3) is 0.438. The van der Waals surface area contributed by atoms with E-state index in [2.05, 4.69) is 32.4 Å². The molecule has 0 bridgehead atoms. The average molecular weight is 299 g/mol. The molecule has 22 heavy (non-hydrogen) atoms. The molecule has 0 unspecified atom stereocenters. The summed E-state index contributed by atoms with van der Waals surface area (Å²) < 4.78 is 0. The number of hydrogen-bond acceptors (Lipinski definition) is 4. The molecule has 0 atom stereocenters. The minimum absolute atomic E-state index is 0.181. The summed E-state index contributed by atoms with van der Waals surface area (Å²) in [5, 5.41) is 10.3. The SMILES string of the molecule is NC(=O)c1n[nH]nc1-c1ccc(CN2CCCCCC2)cc1. The van der Waals surface area contributed by atoms with Crippen molar-refractivity contribution >= 4 is 5.91 Å². The molecule has 0 aliphatic carbocycles. The zero-order valence-electron chi connectivity index (χ0n) is 12.6. The number of rotatable bonds is 4. The Balaban J connectivity index is 1.72. The van der Waals surface area contributed by atoms with Gasteiger partial charge < -0.3 is 5.73 Å². The zero-order chi connectivity index (χ0) is 15.4. The Kier molecular flexibility index (Phi) is 4.48. The summed E-state index contributed by atoms with van der Waals surface area (Å²) in [6, 6.07) is 8.11. The van der Waals surface area contributed by atoms with Crippen molar-refractivity contribution in [2.24, 2.45) is 5.73 Å². The first-order valence-electron chi connectivity index (χ1n) is 7.76. The van der Waals surface area contributed by atoms with Gasteiger partial charge >= 0.3 is 0 Å². The van der Waals surface area contributed by atoms with E-state index in [1.165, 1.54) is 44.3 Å². The molecule has 0 spiro atoms. The lowest BCUT2D eigenvalue weighted by Gasteiger charge is -2.19. The molecule has 6 nitrogen and oxygen atoms in total. The van der Waals surface area contributed by atoms with Crippen LogP contribution in [0.1, 0.15) is 41.7 Å². The van der Waals surface area contributed by atoms with Crippen molar-refractivity contribution in [1.82, 2.24) is 20.3 Å². The molecule has 1 aliphatic heterocycles. The number of primary amides is 1. The lowest BCUT2D eigenvalue weighted by molar-refractivity contribution is 0.0996. The van der Waals surface area contributed by atoms with E-state index in [0.717, 1.165) is 12.1 Å². The van der Waals surface area contributed by atoms with E-state index in [0.29, 0.717) is 5.69 Å².